The zero-order valence-electron chi connectivity index (χ0n) is 13.2. The highest BCUT2D eigenvalue weighted by atomic mass is 35.5. The van der Waals surface area contributed by atoms with Crippen molar-refractivity contribution >= 4 is 17.5 Å². The van der Waals surface area contributed by atoms with Crippen molar-refractivity contribution in [3.8, 4) is 11.6 Å². The zero-order chi connectivity index (χ0) is 16.9. The first-order valence-electron chi connectivity index (χ1n) is 7.89. The van der Waals surface area contributed by atoms with E-state index in [0.29, 0.717) is 23.2 Å². The van der Waals surface area contributed by atoms with Crippen LogP contribution in [-0.4, -0.2) is 40.4 Å². The van der Waals surface area contributed by atoms with Gasteiger partial charge in [0.25, 0.3) is 0 Å². The van der Waals surface area contributed by atoms with E-state index < -0.39 is 0 Å². The minimum Gasteiger partial charge on any atom is -0.437 e. The number of nitrogens with zero attached hydrogens (tertiary/aromatic N) is 3. The Morgan fingerprint density at radius 3 is 2.79 bits per heavy atom. The van der Waals surface area contributed by atoms with E-state index >= 15 is 0 Å². The van der Waals surface area contributed by atoms with Gasteiger partial charge in [-0.2, -0.15) is 0 Å². The van der Waals surface area contributed by atoms with E-state index in [9.17, 15) is 4.79 Å². The molecule has 1 aliphatic rings. The van der Waals surface area contributed by atoms with Crippen LogP contribution in [0.15, 0.2) is 36.7 Å². The van der Waals surface area contributed by atoms with Gasteiger partial charge in [0.2, 0.25) is 11.8 Å². The van der Waals surface area contributed by atoms with Crippen molar-refractivity contribution in [2.75, 3.05) is 19.6 Å². The van der Waals surface area contributed by atoms with Gasteiger partial charge in [0, 0.05) is 36.4 Å². The van der Waals surface area contributed by atoms with E-state index in [0.717, 1.165) is 25.1 Å². The molecule has 1 aromatic carbocycles. The second kappa shape index (κ2) is 7.59. The summed E-state index contributed by atoms with van der Waals surface area (Å²) in [6.07, 6.45) is 5.09. The summed E-state index contributed by atoms with van der Waals surface area (Å²) in [5.41, 5.74) is 6.24. The SMILES string of the molecule is NCC(=O)N1CCCC(c2nccnc2Oc2ccc(Cl)cc2)C1. The largest absolute Gasteiger partial charge is 0.437 e. The normalized spacial score (nSPS) is 17.6. The van der Waals surface area contributed by atoms with Crippen molar-refractivity contribution in [1.29, 1.82) is 0 Å². The van der Waals surface area contributed by atoms with Crippen LogP contribution in [0.4, 0.5) is 0 Å². The number of hydrogen-bond acceptors (Lipinski definition) is 5. The predicted molar refractivity (Wildman–Crippen MR) is 91.2 cm³/mol. The number of likely N-dealkylation sites (tertiary alicyclic amines) is 1. The van der Waals surface area contributed by atoms with E-state index in [2.05, 4.69) is 9.97 Å². The maximum atomic E-state index is 11.9. The number of halogens is 1. The molecule has 0 radical (unpaired) electrons. The first kappa shape index (κ1) is 16.7. The summed E-state index contributed by atoms with van der Waals surface area (Å²) in [5, 5.41) is 0.643. The van der Waals surface area contributed by atoms with Crippen LogP contribution in [0.2, 0.25) is 5.02 Å². The Kier molecular flexibility index (Phi) is 5.27. The Morgan fingerprint density at radius 1 is 1.29 bits per heavy atom. The topological polar surface area (TPSA) is 81.3 Å². The second-order valence-electron chi connectivity index (χ2n) is 5.69. The third-order valence-corrected chi connectivity index (χ3v) is 4.31. The molecule has 1 atom stereocenters. The molecule has 2 N–H and O–H groups in total. The highest BCUT2D eigenvalue weighted by Gasteiger charge is 2.27. The van der Waals surface area contributed by atoms with Crippen molar-refractivity contribution < 1.29 is 9.53 Å². The number of aromatic nitrogens is 2. The number of piperidine rings is 1. The number of hydrogen-bond donors (Lipinski definition) is 1. The molecule has 6 nitrogen and oxygen atoms in total. The van der Waals surface area contributed by atoms with Gasteiger partial charge in [-0.25, -0.2) is 4.98 Å². The van der Waals surface area contributed by atoms with Crippen molar-refractivity contribution in [3.63, 3.8) is 0 Å². The molecule has 1 unspecified atom stereocenters. The minimum absolute atomic E-state index is 0.0291. The summed E-state index contributed by atoms with van der Waals surface area (Å²) in [7, 11) is 0. The second-order valence-corrected chi connectivity index (χ2v) is 6.12. The first-order chi connectivity index (χ1) is 11.7. The number of carbonyl (C=O) groups is 1. The van der Waals surface area contributed by atoms with Crippen molar-refractivity contribution in [2.24, 2.45) is 5.73 Å². The van der Waals surface area contributed by atoms with Crippen LogP contribution in [0, 0.1) is 0 Å². The molecule has 24 heavy (non-hydrogen) atoms. The van der Waals surface area contributed by atoms with Gasteiger partial charge < -0.3 is 15.4 Å². The van der Waals surface area contributed by atoms with Gasteiger partial charge in [-0.3, -0.25) is 9.78 Å². The van der Waals surface area contributed by atoms with Gasteiger partial charge in [-0.1, -0.05) is 11.6 Å². The Hall–Kier alpha value is -2.18. The van der Waals surface area contributed by atoms with Crippen LogP contribution in [0.3, 0.4) is 0 Å². The molecule has 1 fully saturated rings. The lowest BCUT2D eigenvalue weighted by Crippen LogP contribution is -2.42. The molecule has 0 bridgehead atoms. The average molecular weight is 347 g/mol. The summed E-state index contributed by atoms with van der Waals surface area (Å²) in [4.78, 5) is 22.4. The molecule has 2 aromatic rings. The number of rotatable bonds is 4. The van der Waals surface area contributed by atoms with Gasteiger partial charge in [0.1, 0.15) is 11.4 Å². The molecule has 1 aromatic heterocycles. The average Bonchev–Trinajstić information content (AvgIpc) is 2.63. The number of amides is 1. The van der Waals surface area contributed by atoms with Crippen molar-refractivity contribution in [3.05, 3.63) is 47.4 Å². The van der Waals surface area contributed by atoms with Crippen molar-refractivity contribution in [1.82, 2.24) is 14.9 Å². The molecular weight excluding hydrogens is 328 g/mol. The third-order valence-electron chi connectivity index (χ3n) is 4.05. The van der Waals surface area contributed by atoms with Crippen LogP contribution in [0.25, 0.3) is 0 Å². The molecule has 0 aliphatic carbocycles. The van der Waals surface area contributed by atoms with Crippen LogP contribution in [-0.2, 0) is 4.79 Å². The number of ether oxygens (including phenoxy) is 1. The van der Waals surface area contributed by atoms with Gasteiger partial charge >= 0.3 is 0 Å². The van der Waals surface area contributed by atoms with E-state index in [1.165, 1.54) is 0 Å². The fourth-order valence-electron chi connectivity index (χ4n) is 2.86. The van der Waals surface area contributed by atoms with E-state index in [1.54, 1.807) is 41.6 Å². The fraction of sp³-hybridized carbons (Fsp3) is 0.353. The molecule has 7 heteroatoms. The Labute approximate surface area is 145 Å². The Bertz CT molecular complexity index is 708. The Balaban J connectivity index is 1.80. The predicted octanol–water partition coefficient (Wildman–Crippen LogP) is 2.59. The maximum Gasteiger partial charge on any atom is 0.241 e. The lowest BCUT2D eigenvalue weighted by Gasteiger charge is -2.32. The highest BCUT2D eigenvalue weighted by molar-refractivity contribution is 6.30. The minimum atomic E-state index is -0.0382. The lowest BCUT2D eigenvalue weighted by atomic mass is 9.94. The molecule has 3 rings (SSSR count). The summed E-state index contributed by atoms with van der Waals surface area (Å²) in [6.45, 7) is 1.35. The van der Waals surface area contributed by atoms with Crippen LogP contribution >= 0.6 is 11.6 Å². The van der Waals surface area contributed by atoms with Gasteiger partial charge in [-0.05, 0) is 37.1 Å². The van der Waals surface area contributed by atoms with Gasteiger partial charge in [0.15, 0.2) is 0 Å². The van der Waals surface area contributed by atoms with Crippen LogP contribution in [0.1, 0.15) is 24.5 Å². The summed E-state index contributed by atoms with van der Waals surface area (Å²) >= 11 is 5.90. The summed E-state index contributed by atoms with van der Waals surface area (Å²) in [6, 6.07) is 7.09. The Morgan fingerprint density at radius 2 is 2.04 bits per heavy atom. The van der Waals surface area contributed by atoms with Crippen LogP contribution in [0.5, 0.6) is 11.6 Å². The van der Waals surface area contributed by atoms with E-state index in [-0.39, 0.29) is 18.4 Å². The van der Waals surface area contributed by atoms with E-state index in [4.69, 9.17) is 22.1 Å². The summed E-state index contributed by atoms with van der Waals surface area (Å²) < 4.78 is 5.88. The van der Waals surface area contributed by atoms with Gasteiger partial charge in [-0.15, -0.1) is 0 Å². The number of carbonyl (C=O) groups excluding carboxylic acids is 1. The molecule has 2 heterocycles. The third kappa shape index (κ3) is 3.83. The first-order valence-corrected chi connectivity index (χ1v) is 8.27. The fourth-order valence-corrected chi connectivity index (χ4v) is 2.99. The maximum absolute atomic E-state index is 11.9. The number of nitrogens with two attached hydrogens (primary N) is 1. The number of benzene rings is 1. The lowest BCUT2D eigenvalue weighted by molar-refractivity contribution is -0.130. The molecule has 126 valence electrons. The molecular formula is C17H19ClN4O2. The zero-order valence-corrected chi connectivity index (χ0v) is 13.9. The van der Waals surface area contributed by atoms with Crippen LogP contribution < -0.4 is 10.5 Å². The molecule has 1 aliphatic heterocycles. The molecule has 0 spiro atoms. The summed E-state index contributed by atoms with van der Waals surface area (Å²) in [5.74, 6) is 1.16. The highest BCUT2D eigenvalue weighted by Crippen LogP contribution is 2.32. The van der Waals surface area contributed by atoms with Crippen molar-refractivity contribution in [2.45, 2.75) is 18.8 Å². The van der Waals surface area contributed by atoms with Gasteiger partial charge in [0.05, 0.1) is 6.54 Å². The molecule has 0 saturated carbocycles. The molecule has 1 saturated heterocycles. The van der Waals surface area contributed by atoms with E-state index in [1.807, 2.05) is 0 Å². The standard InChI is InChI=1S/C17H19ClN4O2/c18-13-3-5-14(6-4-13)24-17-16(20-7-8-21-17)12-2-1-9-22(11-12)15(23)10-19/h3-8,12H,1-2,9-11,19H2. The molecule has 1 amide bonds. The quantitative estimate of drug-likeness (QED) is 0.920. The monoisotopic (exact) mass is 346 g/mol. The smallest absolute Gasteiger partial charge is 0.241 e.